The van der Waals surface area contributed by atoms with Crippen LogP contribution in [0.2, 0.25) is 0 Å². The van der Waals surface area contributed by atoms with Gasteiger partial charge in [-0.3, -0.25) is 9.88 Å². The number of pyridine rings is 1. The number of H-pyrrole nitrogens is 1. The van der Waals surface area contributed by atoms with Crippen LogP contribution in [0.15, 0.2) is 97.5 Å². The Balaban J connectivity index is 1.05. The van der Waals surface area contributed by atoms with Crippen molar-refractivity contribution in [1.29, 1.82) is 0 Å². The van der Waals surface area contributed by atoms with E-state index in [2.05, 4.69) is 110 Å². The molecule has 7 nitrogen and oxygen atoms in total. The van der Waals surface area contributed by atoms with E-state index in [-0.39, 0.29) is 0 Å². The second-order valence-electron chi connectivity index (χ2n) is 11.4. The lowest BCUT2D eigenvalue weighted by Crippen LogP contribution is -2.39. The van der Waals surface area contributed by atoms with Gasteiger partial charge < -0.3 is 26.3 Å². The largest absolute Gasteiger partial charge is 0.383 e. The fourth-order valence-corrected chi connectivity index (χ4v) is 5.57. The van der Waals surface area contributed by atoms with E-state index in [4.69, 9.17) is 0 Å². The van der Waals surface area contributed by atoms with Crippen molar-refractivity contribution < 1.29 is 0 Å². The summed E-state index contributed by atoms with van der Waals surface area (Å²) in [5.74, 6) is 0. The van der Waals surface area contributed by atoms with E-state index in [1.54, 1.807) is 0 Å². The summed E-state index contributed by atoms with van der Waals surface area (Å²) < 4.78 is 0. The van der Waals surface area contributed by atoms with Gasteiger partial charge in [0.15, 0.2) is 0 Å². The highest BCUT2D eigenvalue weighted by Crippen LogP contribution is 2.21. The van der Waals surface area contributed by atoms with E-state index in [0.29, 0.717) is 6.04 Å². The molecule has 0 fully saturated rings. The lowest BCUT2D eigenvalue weighted by molar-refractivity contribution is 0.260. The van der Waals surface area contributed by atoms with Gasteiger partial charge in [-0.1, -0.05) is 60.7 Å². The van der Waals surface area contributed by atoms with Gasteiger partial charge >= 0.3 is 0 Å². The smallest absolute Gasteiger partial charge is 0.0566 e. The Morgan fingerprint density at radius 2 is 1.72 bits per heavy atom. The number of aryl methyl sites for hydroxylation is 1. The molecule has 0 spiro atoms. The molecule has 5 N–H and O–H groups in total. The molecule has 0 amide bonds. The summed E-state index contributed by atoms with van der Waals surface area (Å²) >= 11 is 0. The maximum atomic E-state index is 4.41. The number of benzene rings is 2. The third-order valence-corrected chi connectivity index (χ3v) is 8.03. The third-order valence-electron chi connectivity index (χ3n) is 8.03. The van der Waals surface area contributed by atoms with Crippen molar-refractivity contribution in [1.82, 2.24) is 36.1 Å². The summed E-state index contributed by atoms with van der Waals surface area (Å²) in [6.45, 7) is 10.7. The van der Waals surface area contributed by atoms with Crippen LogP contribution >= 0.6 is 0 Å². The van der Waals surface area contributed by atoms with Gasteiger partial charge in [0.2, 0.25) is 0 Å². The van der Waals surface area contributed by atoms with E-state index >= 15 is 0 Å². The van der Waals surface area contributed by atoms with Crippen LogP contribution in [-0.2, 0) is 26.1 Å². The molecule has 1 aliphatic heterocycles. The second-order valence-corrected chi connectivity index (χ2v) is 11.4. The highest BCUT2D eigenvalue weighted by molar-refractivity contribution is 5.85. The number of rotatable bonds is 18. The standard InChI is InChI=1S/C36H47N7/c1-29-8-6-11-35-32(25-42-36(29)35)16-20-38-24-30-12-14-31(15-13-30)28-43(23-21-39-27-34-10-3-5-19-41-34)22-7-17-37-26-33-9-2-4-18-40-33/h2-6,8-15,18-19,25,34,37-39,41-42H,7,16-17,20-24,26-28H2,1H3. The number of allylic oxidation sites excluding steroid dienone is 2. The molecule has 43 heavy (non-hydrogen) atoms. The van der Waals surface area contributed by atoms with Gasteiger partial charge in [-0.25, -0.2) is 0 Å². The molecule has 0 saturated carbocycles. The molecule has 0 radical (unpaired) electrons. The van der Waals surface area contributed by atoms with Crippen molar-refractivity contribution in [2.24, 2.45) is 0 Å². The zero-order chi connectivity index (χ0) is 29.5. The average molecular weight is 578 g/mol. The first-order chi connectivity index (χ1) is 21.2. The molecule has 1 aliphatic rings. The average Bonchev–Trinajstić information content (AvgIpc) is 3.47. The highest BCUT2D eigenvalue weighted by Gasteiger charge is 2.09. The Labute approximate surface area is 256 Å². The van der Waals surface area contributed by atoms with Gasteiger partial charge in [0.05, 0.1) is 11.7 Å². The molecule has 0 saturated heterocycles. The maximum absolute atomic E-state index is 4.41. The van der Waals surface area contributed by atoms with Gasteiger partial charge in [0.25, 0.3) is 0 Å². The molecule has 226 valence electrons. The number of aromatic amines is 1. The summed E-state index contributed by atoms with van der Waals surface area (Å²) in [5.41, 5.74) is 7.72. The number of para-hydroxylation sites is 1. The van der Waals surface area contributed by atoms with Crippen LogP contribution in [0.4, 0.5) is 0 Å². The van der Waals surface area contributed by atoms with E-state index in [1.165, 1.54) is 33.2 Å². The Kier molecular flexibility index (Phi) is 12.0. The first-order valence-corrected chi connectivity index (χ1v) is 15.7. The van der Waals surface area contributed by atoms with Crippen LogP contribution < -0.4 is 21.3 Å². The highest BCUT2D eigenvalue weighted by atomic mass is 15.1. The number of fused-ring (bicyclic) bond motifs is 1. The number of hydrogen-bond acceptors (Lipinski definition) is 6. The molecule has 2 aromatic heterocycles. The Morgan fingerprint density at radius 1 is 0.837 bits per heavy atom. The minimum atomic E-state index is 0.363. The molecular formula is C36H47N7. The summed E-state index contributed by atoms with van der Waals surface area (Å²) in [6.07, 6.45) is 14.5. The fourth-order valence-electron chi connectivity index (χ4n) is 5.57. The van der Waals surface area contributed by atoms with E-state index in [0.717, 1.165) is 77.4 Å². The molecule has 7 heteroatoms. The Bertz CT molecular complexity index is 1430. The lowest BCUT2D eigenvalue weighted by atomic mass is 10.1. The minimum Gasteiger partial charge on any atom is -0.383 e. The molecule has 0 aliphatic carbocycles. The second kappa shape index (κ2) is 16.8. The van der Waals surface area contributed by atoms with E-state index in [9.17, 15) is 0 Å². The molecule has 1 unspecified atom stereocenters. The molecule has 4 aromatic rings. The van der Waals surface area contributed by atoms with Crippen molar-refractivity contribution in [2.75, 3.05) is 39.3 Å². The van der Waals surface area contributed by atoms with Crippen molar-refractivity contribution in [3.63, 3.8) is 0 Å². The number of aromatic nitrogens is 2. The summed E-state index contributed by atoms with van der Waals surface area (Å²) in [7, 11) is 0. The van der Waals surface area contributed by atoms with Crippen molar-refractivity contribution >= 4 is 10.9 Å². The summed E-state index contributed by atoms with van der Waals surface area (Å²) in [4.78, 5) is 10.4. The molecule has 0 bridgehead atoms. The van der Waals surface area contributed by atoms with Crippen LogP contribution in [0, 0.1) is 6.92 Å². The van der Waals surface area contributed by atoms with Gasteiger partial charge in [-0.15, -0.1) is 0 Å². The molecule has 2 aromatic carbocycles. The number of dihydropyridines is 1. The first-order valence-electron chi connectivity index (χ1n) is 15.7. The van der Waals surface area contributed by atoms with Gasteiger partial charge in [0.1, 0.15) is 0 Å². The van der Waals surface area contributed by atoms with Crippen LogP contribution in [-0.4, -0.2) is 60.2 Å². The fraction of sp³-hybridized carbons (Fsp3) is 0.361. The monoisotopic (exact) mass is 577 g/mol. The molecule has 3 heterocycles. The zero-order valence-corrected chi connectivity index (χ0v) is 25.5. The summed E-state index contributed by atoms with van der Waals surface area (Å²) in [6, 6.07) is 22.1. The third kappa shape index (κ3) is 9.90. The number of nitrogens with zero attached hydrogens (tertiary/aromatic N) is 2. The van der Waals surface area contributed by atoms with Gasteiger partial charge in [0, 0.05) is 62.6 Å². The van der Waals surface area contributed by atoms with E-state index in [1.807, 2.05) is 30.6 Å². The van der Waals surface area contributed by atoms with E-state index < -0.39 is 0 Å². The predicted octanol–water partition coefficient (Wildman–Crippen LogP) is 4.82. The van der Waals surface area contributed by atoms with Gasteiger partial charge in [-0.2, -0.15) is 0 Å². The first kappa shape index (κ1) is 30.7. The SMILES string of the molecule is Cc1cccc2c(CCNCc3ccc(CN(CCCNCc4ccccn4)CCNCC4C=CC=CN4)cc3)c[nH]c12. The van der Waals surface area contributed by atoms with Crippen molar-refractivity contribution in [3.05, 3.63) is 125 Å². The Hall–Kier alpha value is -3.75. The maximum Gasteiger partial charge on any atom is 0.0566 e. The van der Waals surface area contributed by atoms with Crippen molar-refractivity contribution in [3.8, 4) is 0 Å². The predicted molar refractivity (Wildman–Crippen MR) is 179 cm³/mol. The van der Waals surface area contributed by atoms with Gasteiger partial charge in [-0.05, 0) is 86.1 Å². The van der Waals surface area contributed by atoms with Crippen molar-refractivity contribution in [2.45, 2.75) is 45.4 Å². The normalized spacial score (nSPS) is 14.5. The van der Waals surface area contributed by atoms with Crippen LogP contribution in [0.1, 0.15) is 34.4 Å². The number of hydrogen-bond donors (Lipinski definition) is 5. The van der Waals surface area contributed by atoms with Crippen LogP contribution in [0.5, 0.6) is 0 Å². The lowest BCUT2D eigenvalue weighted by Gasteiger charge is -2.24. The van der Waals surface area contributed by atoms with Crippen LogP contribution in [0.25, 0.3) is 10.9 Å². The quantitative estimate of drug-likeness (QED) is 0.109. The molecule has 1 atom stereocenters. The Morgan fingerprint density at radius 3 is 2.56 bits per heavy atom. The summed E-state index contributed by atoms with van der Waals surface area (Å²) in [5, 5.41) is 15.5. The molecule has 5 rings (SSSR count). The zero-order valence-electron chi connectivity index (χ0n) is 25.5. The molecular weight excluding hydrogens is 530 g/mol. The number of nitrogens with one attached hydrogen (secondary N) is 5. The topological polar surface area (TPSA) is 80.0 Å². The minimum absolute atomic E-state index is 0.363. The van der Waals surface area contributed by atoms with Crippen LogP contribution in [0.3, 0.4) is 0 Å².